The molecule has 3 aromatic carbocycles. The standard InChI is InChI=1S/C14H10BrClO.C7H5ClO2/c15-13-4-2-1-3-10(13)5-6-11-9-12(16)7-8-14(11)17;8-6-1-2-7(10)5(3-6)4-9/h1-9,17H;1-4,10H/b6-5+;. The number of aldehydes is 1. The summed E-state index contributed by atoms with van der Waals surface area (Å²) in [5.41, 5.74) is 1.97. The third-order valence-electron chi connectivity index (χ3n) is 3.45. The first-order chi connectivity index (χ1) is 12.9. The molecule has 0 radical (unpaired) electrons. The quantitative estimate of drug-likeness (QED) is 0.329. The van der Waals surface area contributed by atoms with Crippen molar-refractivity contribution in [1.29, 1.82) is 0 Å². The minimum Gasteiger partial charge on any atom is -0.507 e. The fourth-order valence-electron chi connectivity index (χ4n) is 2.07. The summed E-state index contributed by atoms with van der Waals surface area (Å²) in [4.78, 5) is 10.2. The summed E-state index contributed by atoms with van der Waals surface area (Å²) >= 11 is 14.9. The highest BCUT2D eigenvalue weighted by Gasteiger charge is 1.99. The molecule has 0 aliphatic rings. The molecule has 0 spiro atoms. The molecule has 0 bridgehead atoms. The minimum absolute atomic E-state index is 0.0422. The van der Waals surface area contributed by atoms with Crippen LogP contribution in [0.1, 0.15) is 21.5 Å². The van der Waals surface area contributed by atoms with Crippen LogP contribution < -0.4 is 0 Å². The summed E-state index contributed by atoms with van der Waals surface area (Å²) in [6, 6.07) is 17.2. The largest absolute Gasteiger partial charge is 0.507 e. The van der Waals surface area contributed by atoms with E-state index in [0.29, 0.717) is 21.9 Å². The van der Waals surface area contributed by atoms with Crippen LogP contribution >= 0.6 is 39.1 Å². The second-order valence-electron chi connectivity index (χ2n) is 5.38. The van der Waals surface area contributed by atoms with E-state index in [0.717, 1.165) is 10.0 Å². The number of halogens is 3. The molecule has 0 atom stereocenters. The molecule has 3 rings (SSSR count). The summed E-state index contributed by atoms with van der Waals surface area (Å²) in [6.07, 6.45) is 4.32. The zero-order chi connectivity index (χ0) is 19.8. The van der Waals surface area contributed by atoms with Gasteiger partial charge in [0.15, 0.2) is 6.29 Å². The first-order valence-electron chi connectivity index (χ1n) is 7.75. The maximum atomic E-state index is 10.2. The van der Waals surface area contributed by atoms with Gasteiger partial charge in [-0.15, -0.1) is 0 Å². The van der Waals surface area contributed by atoms with Gasteiger partial charge >= 0.3 is 0 Å². The normalized spacial score (nSPS) is 10.3. The van der Waals surface area contributed by atoms with Crippen molar-refractivity contribution in [3.63, 3.8) is 0 Å². The molecule has 2 N–H and O–H groups in total. The molecule has 0 amide bonds. The minimum atomic E-state index is -0.0422. The third kappa shape index (κ3) is 6.43. The van der Waals surface area contributed by atoms with Crippen LogP contribution in [0.4, 0.5) is 0 Å². The zero-order valence-corrected chi connectivity index (χ0v) is 17.0. The number of carbonyl (C=O) groups excluding carboxylic acids is 1. The molecule has 0 aromatic heterocycles. The summed E-state index contributed by atoms with van der Waals surface area (Å²) in [6.45, 7) is 0. The van der Waals surface area contributed by atoms with Gasteiger partial charge in [-0.05, 0) is 48.0 Å². The highest BCUT2D eigenvalue weighted by atomic mass is 79.9. The SMILES string of the molecule is O=Cc1cc(Cl)ccc1O.Oc1ccc(Cl)cc1/C=C/c1ccccc1Br. The Hall–Kier alpha value is -2.27. The number of hydrogen-bond acceptors (Lipinski definition) is 3. The van der Waals surface area contributed by atoms with Crippen LogP contribution in [0.3, 0.4) is 0 Å². The number of rotatable bonds is 3. The molecule has 0 aliphatic heterocycles. The van der Waals surface area contributed by atoms with Crippen molar-refractivity contribution < 1.29 is 15.0 Å². The second-order valence-corrected chi connectivity index (χ2v) is 7.11. The lowest BCUT2D eigenvalue weighted by Crippen LogP contribution is -1.79. The second kappa shape index (κ2) is 10.2. The van der Waals surface area contributed by atoms with E-state index in [4.69, 9.17) is 28.3 Å². The Labute approximate surface area is 175 Å². The van der Waals surface area contributed by atoms with Crippen molar-refractivity contribution in [2.45, 2.75) is 0 Å². The van der Waals surface area contributed by atoms with E-state index in [9.17, 15) is 9.90 Å². The molecule has 3 aromatic rings. The van der Waals surface area contributed by atoms with Crippen molar-refractivity contribution in [2.24, 2.45) is 0 Å². The van der Waals surface area contributed by atoms with Crippen LogP contribution in [-0.2, 0) is 0 Å². The molecule has 3 nitrogen and oxygen atoms in total. The van der Waals surface area contributed by atoms with Crippen LogP contribution in [0.25, 0.3) is 12.2 Å². The van der Waals surface area contributed by atoms with E-state index in [2.05, 4.69) is 15.9 Å². The Morgan fingerprint density at radius 1 is 0.741 bits per heavy atom. The smallest absolute Gasteiger partial charge is 0.153 e. The Balaban J connectivity index is 0.000000223. The molecule has 27 heavy (non-hydrogen) atoms. The van der Waals surface area contributed by atoms with Crippen molar-refractivity contribution >= 4 is 57.6 Å². The van der Waals surface area contributed by atoms with Gasteiger partial charge in [-0.2, -0.15) is 0 Å². The van der Waals surface area contributed by atoms with E-state index in [1.54, 1.807) is 18.2 Å². The highest BCUT2D eigenvalue weighted by molar-refractivity contribution is 9.10. The lowest BCUT2D eigenvalue weighted by atomic mass is 10.1. The Morgan fingerprint density at radius 3 is 1.81 bits per heavy atom. The van der Waals surface area contributed by atoms with Gasteiger partial charge in [0.1, 0.15) is 11.5 Å². The average Bonchev–Trinajstić information content (AvgIpc) is 2.66. The predicted molar refractivity (Wildman–Crippen MR) is 115 cm³/mol. The molecule has 0 aliphatic carbocycles. The van der Waals surface area contributed by atoms with Crippen LogP contribution in [-0.4, -0.2) is 16.5 Å². The van der Waals surface area contributed by atoms with Crippen LogP contribution in [0.5, 0.6) is 11.5 Å². The molecular formula is C21H15BrCl2O3. The molecule has 0 saturated heterocycles. The van der Waals surface area contributed by atoms with Gasteiger partial charge < -0.3 is 10.2 Å². The van der Waals surface area contributed by atoms with Crippen LogP contribution in [0.15, 0.2) is 65.1 Å². The van der Waals surface area contributed by atoms with Gasteiger partial charge in [-0.25, -0.2) is 0 Å². The van der Waals surface area contributed by atoms with Crippen LogP contribution in [0.2, 0.25) is 10.0 Å². The summed E-state index contributed by atoms with van der Waals surface area (Å²) in [5, 5.41) is 19.7. The van der Waals surface area contributed by atoms with E-state index in [1.807, 2.05) is 36.4 Å². The first kappa shape index (κ1) is 21.0. The Bertz CT molecular complexity index is 971. The fraction of sp³-hybridized carbons (Fsp3) is 0. The van der Waals surface area contributed by atoms with E-state index in [1.165, 1.54) is 18.2 Å². The Kier molecular flexibility index (Phi) is 7.92. The number of benzene rings is 3. The topological polar surface area (TPSA) is 57.5 Å². The number of hydrogen-bond donors (Lipinski definition) is 2. The number of carbonyl (C=O) groups is 1. The van der Waals surface area contributed by atoms with Crippen molar-refractivity contribution in [1.82, 2.24) is 0 Å². The predicted octanol–water partition coefficient (Wildman–Crippen LogP) is 6.84. The Morgan fingerprint density at radius 2 is 1.26 bits per heavy atom. The van der Waals surface area contributed by atoms with Gasteiger partial charge in [0.25, 0.3) is 0 Å². The van der Waals surface area contributed by atoms with E-state index in [-0.39, 0.29) is 17.1 Å². The number of aromatic hydroxyl groups is 2. The molecular weight excluding hydrogens is 451 g/mol. The summed E-state index contributed by atoms with van der Waals surface area (Å²) in [5.74, 6) is 0.178. The molecule has 0 unspecified atom stereocenters. The summed E-state index contributed by atoms with van der Waals surface area (Å²) in [7, 11) is 0. The molecule has 6 heteroatoms. The van der Waals surface area contributed by atoms with Crippen LogP contribution in [0, 0.1) is 0 Å². The molecule has 0 saturated carbocycles. The van der Waals surface area contributed by atoms with Gasteiger partial charge in [0, 0.05) is 20.1 Å². The number of phenolic OH excluding ortho intramolecular Hbond substituents is 2. The maximum Gasteiger partial charge on any atom is 0.153 e. The molecule has 0 heterocycles. The van der Waals surface area contributed by atoms with E-state index >= 15 is 0 Å². The van der Waals surface area contributed by atoms with Gasteiger partial charge in [-0.1, -0.05) is 69.5 Å². The van der Waals surface area contributed by atoms with Crippen molar-refractivity contribution in [2.75, 3.05) is 0 Å². The van der Waals surface area contributed by atoms with Gasteiger partial charge in [0.2, 0.25) is 0 Å². The zero-order valence-electron chi connectivity index (χ0n) is 13.9. The first-order valence-corrected chi connectivity index (χ1v) is 9.30. The van der Waals surface area contributed by atoms with E-state index < -0.39 is 0 Å². The van der Waals surface area contributed by atoms with Gasteiger partial charge in [-0.3, -0.25) is 4.79 Å². The molecule has 0 fully saturated rings. The maximum absolute atomic E-state index is 10.2. The highest BCUT2D eigenvalue weighted by Crippen LogP contribution is 2.25. The van der Waals surface area contributed by atoms with Gasteiger partial charge in [0.05, 0.1) is 5.56 Å². The number of phenols is 2. The third-order valence-corrected chi connectivity index (χ3v) is 4.65. The summed E-state index contributed by atoms with van der Waals surface area (Å²) < 4.78 is 1.01. The lowest BCUT2D eigenvalue weighted by Gasteiger charge is -2.00. The lowest BCUT2D eigenvalue weighted by molar-refractivity contribution is 0.112. The van der Waals surface area contributed by atoms with Crippen molar-refractivity contribution in [3.8, 4) is 11.5 Å². The monoisotopic (exact) mass is 464 g/mol. The van der Waals surface area contributed by atoms with Crippen molar-refractivity contribution in [3.05, 3.63) is 91.9 Å². The average molecular weight is 466 g/mol. The fourth-order valence-corrected chi connectivity index (χ4v) is 2.85. The molecule has 138 valence electrons.